The van der Waals surface area contributed by atoms with Gasteiger partial charge in [-0.1, -0.05) is 0 Å². The summed E-state index contributed by atoms with van der Waals surface area (Å²) in [6, 6.07) is 1.72. The summed E-state index contributed by atoms with van der Waals surface area (Å²) in [6.07, 6.45) is 1.25. The average molecular weight is 230 g/mol. The van der Waals surface area contributed by atoms with E-state index in [-0.39, 0.29) is 11.0 Å². The van der Waals surface area contributed by atoms with Gasteiger partial charge in [-0.25, -0.2) is 9.36 Å². The smallest absolute Gasteiger partial charge is 0.313 e. The van der Waals surface area contributed by atoms with E-state index >= 15 is 0 Å². The Kier molecular flexibility index (Phi) is 2.45. The summed E-state index contributed by atoms with van der Waals surface area (Å²) in [6.45, 7) is -0.242. The maximum absolute atomic E-state index is 11.1. The molecule has 1 aromatic rings. The van der Waals surface area contributed by atoms with Crippen LogP contribution in [0.15, 0.2) is 20.3 Å². The highest BCUT2D eigenvalue weighted by molar-refractivity contribution is 9.10. The topological polar surface area (TPSA) is 78.7 Å². The van der Waals surface area contributed by atoms with Crippen molar-refractivity contribution >= 4 is 15.9 Å². The van der Waals surface area contributed by atoms with Gasteiger partial charge < -0.3 is 4.98 Å². The minimum Gasteiger partial charge on any atom is -0.313 e. The maximum Gasteiger partial charge on any atom is 0.329 e. The SMILES string of the molecule is N#CCn1c(=O)[nH]cc(Br)c1=O. The van der Waals surface area contributed by atoms with Crippen LogP contribution in [-0.2, 0) is 6.54 Å². The summed E-state index contributed by atoms with van der Waals surface area (Å²) in [4.78, 5) is 24.3. The Bertz CT molecular complexity index is 439. The maximum atomic E-state index is 11.1. The van der Waals surface area contributed by atoms with E-state index in [4.69, 9.17) is 5.26 Å². The van der Waals surface area contributed by atoms with E-state index in [0.29, 0.717) is 0 Å². The van der Waals surface area contributed by atoms with Gasteiger partial charge in [0.15, 0.2) is 0 Å². The van der Waals surface area contributed by atoms with Crippen molar-refractivity contribution in [2.45, 2.75) is 6.54 Å². The normalized spacial score (nSPS) is 9.33. The molecular formula is C6H4BrN3O2. The van der Waals surface area contributed by atoms with Crippen molar-refractivity contribution in [3.8, 4) is 6.07 Å². The molecule has 0 saturated heterocycles. The number of nitrogens with zero attached hydrogens (tertiary/aromatic N) is 2. The Hall–Kier alpha value is -1.35. The number of rotatable bonds is 1. The van der Waals surface area contributed by atoms with Gasteiger partial charge in [0.05, 0.1) is 10.5 Å². The van der Waals surface area contributed by atoms with E-state index < -0.39 is 11.2 Å². The van der Waals surface area contributed by atoms with Crippen LogP contribution in [0.3, 0.4) is 0 Å². The highest BCUT2D eigenvalue weighted by Crippen LogP contribution is 1.95. The third-order valence-corrected chi connectivity index (χ3v) is 1.81. The number of hydrogen-bond acceptors (Lipinski definition) is 3. The molecule has 0 aliphatic carbocycles. The first-order valence-corrected chi connectivity index (χ1v) is 3.81. The summed E-state index contributed by atoms with van der Waals surface area (Å²) in [5.41, 5.74) is -1.08. The first kappa shape index (κ1) is 8.74. The van der Waals surface area contributed by atoms with E-state index in [1.165, 1.54) is 6.20 Å². The zero-order valence-electron chi connectivity index (χ0n) is 5.87. The van der Waals surface area contributed by atoms with Gasteiger partial charge in [-0.05, 0) is 15.9 Å². The highest BCUT2D eigenvalue weighted by atomic mass is 79.9. The quantitative estimate of drug-likeness (QED) is 0.726. The lowest BCUT2D eigenvalue weighted by Crippen LogP contribution is -2.34. The van der Waals surface area contributed by atoms with Crippen LogP contribution in [0.2, 0.25) is 0 Å². The van der Waals surface area contributed by atoms with Crippen molar-refractivity contribution in [1.29, 1.82) is 5.26 Å². The fourth-order valence-corrected chi connectivity index (χ4v) is 1.03. The molecule has 1 heterocycles. The van der Waals surface area contributed by atoms with Gasteiger partial charge in [0.2, 0.25) is 0 Å². The van der Waals surface area contributed by atoms with Crippen LogP contribution in [0, 0.1) is 11.3 Å². The number of halogens is 1. The summed E-state index contributed by atoms with van der Waals surface area (Å²) in [7, 11) is 0. The monoisotopic (exact) mass is 229 g/mol. The molecule has 12 heavy (non-hydrogen) atoms. The van der Waals surface area contributed by atoms with Crippen LogP contribution in [0.25, 0.3) is 0 Å². The first-order chi connectivity index (χ1) is 5.66. The lowest BCUT2D eigenvalue weighted by Gasteiger charge is -1.96. The van der Waals surface area contributed by atoms with Crippen LogP contribution >= 0.6 is 15.9 Å². The van der Waals surface area contributed by atoms with Gasteiger partial charge in [-0.15, -0.1) is 0 Å². The lowest BCUT2D eigenvalue weighted by molar-refractivity contribution is 0.715. The van der Waals surface area contributed by atoms with Gasteiger partial charge in [0.25, 0.3) is 5.56 Å². The molecule has 5 nitrogen and oxygen atoms in total. The molecule has 0 radical (unpaired) electrons. The lowest BCUT2D eigenvalue weighted by atomic mass is 10.6. The fraction of sp³-hybridized carbons (Fsp3) is 0.167. The second kappa shape index (κ2) is 3.36. The van der Waals surface area contributed by atoms with Crippen LogP contribution < -0.4 is 11.2 Å². The second-order valence-corrected chi connectivity index (χ2v) is 2.85. The number of hydrogen-bond donors (Lipinski definition) is 1. The van der Waals surface area contributed by atoms with Gasteiger partial charge in [-0.2, -0.15) is 5.26 Å². The van der Waals surface area contributed by atoms with Crippen LogP contribution in [0.1, 0.15) is 0 Å². The number of aromatic nitrogens is 2. The third-order valence-electron chi connectivity index (χ3n) is 1.25. The predicted molar refractivity (Wildman–Crippen MR) is 44.6 cm³/mol. The van der Waals surface area contributed by atoms with Crippen molar-refractivity contribution in [2.75, 3.05) is 0 Å². The fourth-order valence-electron chi connectivity index (χ4n) is 0.700. The van der Waals surface area contributed by atoms with Crippen LogP contribution in [-0.4, -0.2) is 9.55 Å². The molecule has 0 spiro atoms. The van der Waals surface area contributed by atoms with E-state index in [1.807, 2.05) is 0 Å². The van der Waals surface area contributed by atoms with Crippen molar-refractivity contribution in [3.05, 3.63) is 31.5 Å². The Morgan fingerprint density at radius 3 is 2.92 bits per heavy atom. The molecular weight excluding hydrogens is 226 g/mol. The summed E-state index contributed by atoms with van der Waals surface area (Å²) >= 11 is 2.94. The molecule has 0 aromatic carbocycles. The molecule has 1 aromatic heterocycles. The predicted octanol–water partition coefficient (Wildman–Crippen LogP) is -0.177. The summed E-state index contributed by atoms with van der Waals surface area (Å²) < 4.78 is 1.04. The van der Waals surface area contributed by atoms with Gasteiger partial charge in [0.1, 0.15) is 6.54 Å². The molecule has 62 valence electrons. The highest BCUT2D eigenvalue weighted by Gasteiger charge is 2.02. The number of nitrogens with one attached hydrogen (secondary N) is 1. The standard InChI is InChI=1S/C6H4BrN3O2/c7-4-3-9-6(12)10(2-1-8)5(4)11/h3H,2H2,(H,9,12). The molecule has 1 rings (SSSR count). The largest absolute Gasteiger partial charge is 0.329 e. The number of nitriles is 1. The van der Waals surface area contributed by atoms with E-state index in [9.17, 15) is 9.59 Å². The summed E-state index contributed by atoms with van der Waals surface area (Å²) in [5, 5.41) is 8.28. The summed E-state index contributed by atoms with van der Waals surface area (Å²) in [5.74, 6) is 0. The Labute approximate surface area is 75.4 Å². The second-order valence-electron chi connectivity index (χ2n) is 1.99. The zero-order valence-corrected chi connectivity index (χ0v) is 7.46. The minimum atomic E-state index is -0.579. The van der Waals surface area contributed by atoms with Gasteiger partial charge in [0, 0.05) is 6.20 Å². The van der Waals surface area contributed by atoms with Gasteiger partial charge in [-0.3, -0.25) is 4.79 Å². The van der Waals surface area contributed by atoms with Gasteiger partial charge >= 0.3 is 5.69 Å². The van der Waals surface area contributed by atoms with E-state index in [0.717, 1.165) is 4.57 Å². The molecule has 0 unspecified atom stereocenters. The Morgan fingerprint density at radius 2 is 2.33 bits per heavy atom. The third kappa shape index (κ3) is 1.46. The van der Waals surface area contributed by atoms with Crippen molar-refractivity contribution in [2.24, 2.45) is 0 Å². The van der Waals surface area contributed by atoms with Crippen LogP contribution in [0.4, 0.5) is 0 Å². The molecule has 0 amide bonds. The number of aromatic amines is 1. The molecule has 0 aliphatic heterocycles. The van der Waals surface area contributed by atoms with Crippen molar-refractivity contribution < 1.29 is 0 Å². The molecule has 0 aliphatic rings. The molecule has 0 bridgehead atoms. The Balaban J connectivity index is 3.46. The average Bonchev–Trinajstić information content (AvgIpc) is 2.06. The van der Waals surface area contributed by atoms with Crippen LogP contribution in [0.5, 0.6) is 0 Å². The molecule has 0 saturated carbocycles. The number of H-pyrrole nitrogens is 1. The van der Waals surface area contributed by atoms with E-state index in [1.54, 1.807) is 6.07 Å². The van der Waals surface area contributed by atoms with E-state index in [2.05, 4.69) is 20.9 Å². The molecule has 1 N–H and O–H groups in total. The zero-order chi connectivity index (χ0) is 9.14. The first-order valence-electron chi connectivity index (χ1n) is 3.02. The van der Waals surface area contributed by atoms with Crippen molar-refractivity contribution in [1.82, 2.24) is 9.55 Å². The molecule has 6 heteroatoms. The Morgan fingerprint density at radius 1 is 1.67 bits per heavy atom. The minimum absolute atomic E-state index is 0.234. The molecule has 0 fully saturated rings. The van der Waals surface area contributed by atoms with Crippen molar-refractivity contribution in [3.63, 3.8) is 0 Å². The molecule has 0 atom stereocenters.